The highest BCUT2D eigenvalue weighted by molar-refractivity contribution is 7.89. The van der Waals surface area contributed by atoms with Gasteiger partial charge in [0.15, 0.2) is 0 Å². The van der Waals surface area contributed by atoms with Gasteiger partial charge in [-0.05, 0) is 62.8 Å². The van der Waals surface area contributed by atoms with E-state index in [-0.39, 0.29) is 22.6 Å². The molecule has 0 spiro atoms. The third kappa shape index (κ3) is 5.29. The van der Waals surface area contributed by atoms with Crippen molar-refractivity contribution >= 4 is 32.7 Å². The molecule has 1 unspecified atom stereocenters. The molecule has 0 bridgehead atoms. The molecule has 2 saturated heterocycles. The topological polar surface area (TPSA) is 103 Å². The zero-order valence-electron chi connectivity index (χ0n) is 21.2. The Bertz CT molecular complexity index is 1370. The molecule has 3 heterocycles. The molecule has 1 aromatic heterocycles. The quantitative estimate of drug-likeness (QED) is 0.497. The number of hydrogen-bond donors (Lipinski definition) is 2. The number of sulfonamides is 1. The van der Waals surface area contributed by atoms with Crippen molar-refractivity contribution < 1.29 is 18.0 Å². The van der Waals surface area contributed by atoms with Gasteiger partial charge in [-0.15, -0.1) is 0 Å². The minimum atomic E-state index is -3.57. The van der Waals surface area contributed by atoms with E-state index in [1.54, 1.807) is 29.2 Å². The number of hydrogen-bond acceptors (Lipinski definition) is 4. The maximum Gasteiger partial charge on any atom is 0.243 e. The number of H-pyrrole nitrogens is 1. The largest absolute Gasteiger partial charge is 0.361 e. The van der Waals surface area contributed by atoms with Crippen molar-refractivity contribution in [2.45, 2.75) is 50.0 Å². The van der Waals surface area contributed by atoms with Gasteiger partial charge in [0, 0.05) is 49.2 Å². The second-order valence-corrected chi connectivity index (χ2v) is 12.0. The van der Waals surface area contributed by atoms with E-state index in [1.165, 1.54) is 4.31 Å². The van der Waals surface area contributed by atoms with E-state index in [0.29, 0.717) is 51.9 Å². The molecule has 2 aromatic carbocycles. The molecule has 3 aromatic rings. The first-order chi connectivity index (χ1) is 17.8. The SMILES string of the molecule is Cc1ccc(S(=O)(=O)N2CCC(C(=O)N3CCCC3C(=O)NCCc3c[nH]c4ccccc34)CC2)cc1. The average molecular weight is 523 g/mol. The van der Waals surface area contributed by atoms with Gasteiger partial charge in [0.1, 0.15) is 6.04 Å². The van der Waals surface area contributed by atoms with Crippen LogP contribution in [0.25, 0.3) is 10.9 Å². The van der Waals surface area contributed by atoms with Gasteiger partial charge >= 0.3 is 0 Å². The van der Waals surface area contributed by atoms with Gasteiger partial charge < -0.3 is 15.2 Å². The molecule has 2 N–H and O–H groups in total. The van der Waals surface area contributed by atoms with Crippen molar-refractivity contribution in [3.63, 3.8) is 0 Å². The molecule has 0 radical (unpaired) electrons. The van der Waals surface area contributed by atoms with E-state index in [4.69, 9.17) is 0 Å². The number of aryl methyl sites for hydroxylation is 1. The van der Waals surface area contributed by atoms with Gasteiger partial charge in [0.2, 0.25) is 21.8 Å². The third-order valence-electron chi connectivity index (χ3n) is 7.67. The van der Waals surface area contributed by atoms with E-state index >= 15 is 0 Å². The van der Waals surface area contributed by atoms with E-state index in [2.05, 4.69) is 16.4 Å². The van der Waals surface area contributed by atoms with Gasteiger partial charge in [0.25, 0.3) is 0 Å². The minimum Gasteiger partial charge on any atom is -0.361 e. The number of amides is 2. The highest BCUT2D eigenvalue weighted by Crippen LogP contribution is 2.28. The molecule has 9 heteroatoms. The molecule has 196 valence electrons. The number of likely N-dealkylation sites (tertiary alicyclic amines) is 1. The first-order valence-corrected chi connectivity index (χ1v) is 14.5. The van der Waals surface area contributed by atoms with Crippen molar-refractivity contribution in [2.24, 2.45) is 5.92 Å². The third-order valence-corrected chi connectivity index (χ3v) is 9.58. The summed E-state index contributed by atoms with van der Waals surface area (Å²) in [5.74, 6) is -0.393. The van der Waals surface area contributed by atoms with Gasteiger partial charge in [-0.1, -0.05) is 35.9 Å². The molecule has 0 saturated carbocycles. The van der Waals surface area contributed by atoms with Crippen LogP contribution in [0.1, 0.15) is 36.8 Å². The molecule has 2 aliphatic heterocycles. The van der Waals surface area contributed by atoms with E-state index in [9.17, 15) is 18.0 Å². The van der Waals surface area contributed by atoms with Crippen molar-refractivity contribution in [3.8, 4) is 0 Å². The molecule has 0 aliphatic carbocycles. The summed E-state index contributed by atoms with van der Waals surface area (Å²) in [6, 6.07) is 14.5. The first kappa shape index (κ1) is 25.5. The number of nitrogens with zero attached hydrogens (tertiary/aromatic N) is 2. The first-order valence-electron chi connectivity index (χ1n) is 13.0. The summed E-state index contributed by atoms with van der Waals surface area (Å²) < 4.78 is 27.5. The maximum absolute atomic E-state index is 13.4. The highest BCUT2D eigenvalue weighted by Gasteiger charge is 2.39. The maximum atomic E-state index is 13.4. The van der Waals surface area contributed by atoms with Crippen LogP contribution in [-0.4, -0.2) is 66.6 Å². The van der Waals surface area contributed by atoms with Gasteiger partial charge in [-0.25, -0.2) is 8.42 Å². The lowest BCUT2D eigenvalue weighted by molar-refractivity contribution is -0.142. The lowest BCUT2D eigenvalue weighted by Crippen LogP contribution is -2.50. The zero-order valence-corrected chi connectivity index (χ0v) is 22.0. The minimum absolute atomic E-state index is 0.0262. The van der Waals surface area contributed by atoms with Crippen LogP contribution >= 0.6 is 0 Å². The van der Waals surface area contributed by atoms with Crippen molar-refractivity contribution in [1.82, 2.24) is 19.5 Å². The second-order valence-electron chi connectivity index (χ2n) is 10.1. The Hall–Kier alpha value is -3.17. The summed E-state index contributed by atoms with van der Waals surface area (Å²) in [7, 11) is -3.57. The number of para-hydroxylation sites is 1. The second kappa shape index (κ2) is 10.7. The number of piperidine rings is 1. The fourth-order valence-corrected chi connectivity index (χ4v) is 6.99. The van der Waals surface area contributed by atoms with Gasteiger partial charge in [-0.2, -0.15) is 4.31 Å². The fraction of sp³-hybridized carbons (Fsp3) is 0.429. The summed E-state index contributed by atoms with van der Waals surface area (Å²) in [4.78, 5) is 31.6. The Kier molecular flexibility index (Phi) is 7.35. The lowest BCUT2D eigenvalue weighted by atomic mass is 9.96. The van der Waals surface area contributed by atoms with Crippen LogP contribution in [0.2, 0.25) is 0 Å². The Morgan fingerprint density at radius 3 is 2.49 bits per heavy atom. The highest BCUT2D eigenvalue weighted by atomic mass is 32.2. The van der Waals surface area contributed by atoms with E-state index < -0.39 is 16.1 Å². The molecule has 2 aliphatic rings. The molecule has 8 nitrogen and oxygen atoms in total. The van der Waals surface area contributed by atoms with Crippen LogP contribution in [0.5, 0.6) is 0 Å². The average Bonchev–Trinajstić information content (AvgIpc) is 3.56. The fourth-order valence-electron chi connectivity index (χ4n) is 5.52. The van der Waals surface area contributed by atoms with Crippen LogP contribution in [0.3, 0.4) is 0 Å². The molecular formula is C28H34N4O4S. The number of rotatable bonds is 7. The van der Waals surface area contributed by atoms with Crippen molar-refractivity contribution in [2.75, 3.05) is 26.2 Å². The summed E-state index contributed by atoms with van der Waals surface area (Å²) in [5.41, 5.74) is 3.24. The predicted octanol–water partition coefficient (Wildman–Crippen LogP) is 3.23. The van der Waals surface area contributed by atoms with Crippen molar-refractivity contribution in [3.05, 3.63) is 65.9 Å². The Morgan fingerprint density at radius 2 is 1.73 bits per heavy atom. The molecular weight excluding hydrogens is 488 g/mol. The number of carbonyl (C=O) groups excluding carboxylic acids is 2. The summed E-state index contributed by atoms with van der Waals surface area (Å²) in [6.07, 6.45) is 5.08. The molecule has 1 atom stereocenters. The van der Waals surface area contributed by atoms with Crippen LogP contribution in [-0.2, 0) is 26.0 Å². The van der Waals surface area contributed by atoms with Crippen LogP contribution in [0.15, 0.2) is 59.6 Å². The van der Waals surface area contributed by atoms with Crippen LogP contribution in [0.4, 0.5) is 0 Å². The Labute approximate surface area is 218 Å². The Morgan fingerprint density at radius 1 is 1.00 bits per heavy atom. The summed E-state index contributed by atoms with van der Waals surface area (Å²) in [5, 5.41) is 4.19. The summed E-state index contributed by atoms with van der Waals surface area (Å²) in [6.45, 7) is 3.61. The van der Waals surface area contributed by atoms with Crippen molar-refractivity contribution in [1.29, 1.82) is 0 Å². The van der Waals surface area contributed by atoms with E-state index in [1.807, 2.05) is 31.3 Å². The van der Waals surface area contributed by atoms with E-state index in [0.717, 1.165) is 28.5 Å². The molecule has 5 rings (SSSR count). The van der Waals surface area contributed by atoms with Gasteiger partial charge in [0.05, 0.1) is 4.90 Å². The number of aromatic nitrogens is 1. The predicted molar refractivity (Wildman–Crippen MR) is 142 cm³/mol. The smallest absolute Gasteiger partial charge is 0.243 e. The number of fused-ring (bicyclic) bond motifs is 1. The number of carbonyl (C=O) groups is 2. The Balaban J connectivity index is 1.14. The van der Waals surface area contributed by atoms with Crippen LogP contribution < -0.4 is 5.32 Å². The number of nitrogens with one attached hydrogen (secondary N) is 2. The normalized spacial score (nSPS) is 19.4. The number of benzene rings is 2. The monoisotopic (exact) mass is 522 g/mol. The zero-order chi connectivity index (χ0) is 26.0. The summed E-state index contributed by atoms with van der Waals surface area (Å²) >= 11 is 0. The van der Waals surface area contributed by atoms with Gasteiger partial charge in [-0.3, -0.25) is 9.59 Å². The molecule has 2 fully saturated rings. The standard InChI is InChI=1S/C28H34N4O4S/c1-20-8-10-23(11-9-20)37(35,36)31-17-13-21(14-18-31)28(34)32-16-4-7-26(32)27(33)29-15-12-22-19-30-25-6-3-2-5-24(22)25/h2-3,5-6,8-11,19,21,26,30H,4,7,12-18H2,1H3,(H,29,33). The lowest BCUT2D eigenvalue weighted by Gasteiger charge is -2.34. The van der Waals surface area contributed by atoms with Crippen LogP contribution in [0, 0.1) is 12.8 Å². The molecule has 37 heavy (non-hydrogen) atoms. The molecule has 2 amide bonds. The number of aromatic amines is 1.